The quantitative estimate of drug-likeness (QED) is 0.475. The number of Topliss-reactive ketones (excluding diaryl/α,β-unsaturated/α-hetero) is 1. The van der Waals surface area contributed by atoms with Gasteiger partial charge in [0.05, 0.1) is 12.6 Å². The summed E-state index contributed by atoms with van der Waals surface area (Å²) in [6, 6.07) is -0.518. The Morgan fingerprint density at radius 2 is 2.18 bits per heavy atom. The second-order valence-corrected chi connectivity index (χ2v) is 2.51. The smallest absolute Gasteiger partial charge is 0.149 e. The van der Waals surface area contributed by atoms with E-state index in [1.807, 2.05) is 0 Å². The average molecular weight is 158 g/mol. The highest BCUT2D eigenvalue weighted by Gasteiger charge is 2.10. The van der Waals surface area contributed by atoms with Crippen LogP contribution in [0.2, 0.25) is 0 Å². The van der Waals surface area contributed by atoms with Gasteiger partial charge in [-0.05, 0) is 13.8 Å². The maximum atomic E-state index is 10.7. The molecule has 3 N–H and O–H groups in total. The molecule has 4 nitrogen and oxygen atoms in total. The molecule has 0 heterocycles. The summed E-state index contributed by atoms with van der Waals surface area (Å²) in [4.78, 5) is 10.7. The van der Waals surface area contributed by atoms with Gasteiger partial charge in [0, 0.05) is 12.3 Å². The Morgan fingerprint density at radius 3 is 2.45 bits per heavy atom. The summed E-state index contributed by atoms with van der Waals surface area (Å²) in [5.41, 5.74) is 0.449. The molecule has 0 bridgehead atoms. The van der Waals surface area contributed by atoms with E-state index in [4.69, 9.17) is 10.5 Å². The lowest BCUT2D eigenvalue weighted by molar-refractivity contribution is -0.119. The molecule has 0 aromatic rings. The van der Waals surface area contributed by atoms with Gasteiger partial charge in [-0.3, -0.25) is 4.79 Å². The van der Waals surface area contributed by atoms with Crippen LogP contribution in [-0.2, 0) is 4.79 Å². The zero-order chi connectivity index (χ0) is 8.85. The molecule has 0 aromatic heterocycles. The second-order valence-electron chi connectivity index (χ2n) is 2.51. The van der Waals surface area contributed by atoms with Crippen LogP contribution in [-0.4, -0.2) is 35.8 Å². The summed E-state index contributed by atoms with van der Waals surface area (Å²) in [6.07, 6.45) is 0. The lowest BCUT2D eigenvalue weighted by atomic mass is 10.2. The molecule has 0 spiro atoms. The minimum absolute atomic E-state index is 0.103. The van der Waals surface area contributed by atoms with Crippen LogP contribution >= 0.6 is 0 Å². The van der Waals surface area contributed by atoms with Crippen LogP contribution < -0.4 is 5.32 Å². The first-order chi connectivity index (χ1) is 5.07. The van der Waals surface area contributed by atoms with Crippen LogP contribution in [0.25, 0.3) is 0 Å². The molecule has 0 saturated carbocycles. The van der Waals surface area contributed by atoms with Crippen LogP contribution in [0.5, 0.6) is 0 Å². The predicted octanol–water partition coefficient (Wildman–Crippen LogP) is -0.434. The molecule has 0 radical (unpaired) electrons. The number of aliphatic hydroxyl groups is 1. The first kappa shape index (κ1) is 10.3. The minimum atomic E-state index is -0.518. The van der Waals surface area contributed by atoms with Crippen molar-refractivity contribution in [3.05, 3.63) is 0 Å². The molecular weight excluding hydrogens is 144 g/mol. The molecule has 0 unspecified atom stereocenters. The second kappa shape index (κ2) is 4.98. The Balaban J connectivity index is 3.70. The van der Waals surface area contributed by atoms with E-state index in [-0.39, 0.29) is 12.4 Å². The van der Waals surface area contributed by atoms with Crippen molar-refractivity contribution in [1.82, 2.24) is 5.32 Å². The molecule has 11 heavy (non-hydrogen) atoms. The number of hydrogen-bond donors (Lipinski definition) is 3. The summed E-state index contributed by atoms with van der Waals surface area (Å²) in [5, 5.41) is 18.4. The van der Waals surface area contributed by atoms with Gasteiger partial charge in [0.15, 0.2) is 0 Å². The van der Waals surface area contributed by atoms with E-state index < -0.39 is 6.04 Å². The number of carbonyl (C=O) groups excluding carboxylic acids is 1. The van der Waals surface area contributed by atoms with Gasteiger partial charge in [0.1, 0.15) is 5.78 Å². The number of rotatable bonds is 5. The molecule has 1 atom stereocenters. The van der Waals surface area contributed by atoms with Crippen molar-refractivity contribution in [3.63, 3.8) is 0 Å². The SMILES string of the molecule is CC(=N)CN[C@@H](CO)C(C)=O. The lowest BCUT2D eigenvalue weighted by Gasteiger charge is -2.11. The summed E-state index contributed by atoms with van der Waals surface area (Å²) in [6.45, 7) is 3.20. The predicted molar refractivity (Wildman–Crippen MR) is 43.0 cm³/mol. The Morgan fingerprint density at radius 1 is 1.64 bits per heavy atom. The third-order valence-corrected chi connectivity index (χ3v) is 1.29. The topological polar surface area (TPSA) is 73.2 Å². The fraction of sp³-hybridized carbons (Fsp3) is 0.714. The molecule has 0 saturated heterocycles. The summed E-state index contributed by atoms with van der Waals surface area (Å²) in [7, 11) is 0. The highest BCUT2D eigenvalue weighted by Crippen LogP contribution is 1.83. The van der Waals surface area contributed by atoms with E-state index in [9.17, 15) is 4.79 Å². The molecule has 0 aliphatic carbocycles. The van der Waals surface area contributed by atoms with E-state index in [2.05, 4.69) is 5.32 Å². The number of aliphatic hydroxyl groups excluding tert-OH is 1. The Kier molecular flexibility index (Phi) is 4.65. The molecule has 0 amide bonds. The minimum Gasteiger partial charge on any atom is -0.394 e. The summed E-state index contributed by atoms with van der Waals surface area (Å²) < 4.78 is 0. The fourth-order valence-corrected chi connectivity index (χ4v) is 0.613. The van der Waals surface area contributed by atoms with Gasteiger partial charge < -0.3 is 15.8 Å². The summed E-state index contributed by atoms with van der Waals surface area (Å²) in [5.74, 6) is -0.103. The Labute approximate surface area is 66.1 Å². The van der Waals surface area contributed by atoms with Crippen LogP contribution in [0.1, 0.15) is 13.8 Å². The van der Waals surface area contributed by atoms with Gasteiger partial charge >= 0.3 is 0 Å². The number of hydrogen-bond acceptors (Lipinski definition) is 4. The third-order valence-electron chi connectivity index (χ3n) is 1.29. The van der Waals surface area contributed by atoms with Crippen LogP contribution in [0, 0.1) is 5.41 Å². The van der Waals surface area contributed by atoms with Crippen molar-refractivity contribution >= 4 is 11.5 Å². The zero-order valence-corrected chi connectivity index (χ0v) is 6.85. The normalized spacial score (nSPS) is 12.6. The molecule has 0 aromatic carbocycles. The van der Waals surface area contributed by atoms with Gasteiger partial charge in [-0.1, -0.05) is 0 Å². The number of ketones is 1. The maximum absolute atomic E-state index is 10.7. The highest BCUT2D eigenvalue weighted by molar-refractivity contribution is 5.84. The molecule has 0 aliphatic heterocycles. The molecular formula is C7H14N2O2. The number of carbonyl (C=O) groups is 1. The van der Waals surface area contributed by atoms with Crippen molar-refractivity contribution in [2.45, 2.75) is 19.9 Å². The van der Waals surface area contributed by atoms with Crippen molar-refractivity contribution in [2.24, 2.45) is 0 Å². The molecule has 4 heteroatoms. The fourth-order valence-electron chi connectivity index (χ4n) is 0.613. The van der Waals surface area contributed by atoms with E-state index in [0.29, 0.717) is 12.3 Å². The van der Waals surface area contributed by atoms with Crippen molar-refractivity contribution in [2.75, 3.05) is 13.2 Å². The standard InChI is InChI=1S/C7H14N2O2/c1-5(8)3-9-7(4-10)6(2)11/h7-10H,3-4H2,1-2H3/t7-/m0/s1. The van der Waals surface area contributed by atoms with Crippen LogP contribution in [0.15, 0.2) is 0 Å². The Hall–Kier alpha value is -0.740. The van der Waals surface area contributed by atoms with Crippen molar-refractivity contribution in [3.8, 4) is 0 Å². The molecule has 0 rings (SSSR count). The monoisotopic (exact) mass is 158 g/mol. The van der Waals surface area contributed by atoms with Crippen LogP contribution in [0.4, 0.5) is 0 Å². The van der Waals surface area contributed by atoms with E-state index in [1.54, 1.807) is 6.92 Å². The highest BCUT2D eigenvalue weighted by atomic mass is 16.3. The average Bonchev–Trinajstić information content (AvgIpc) is 1.87. The van der Waals surface area contributed by atoms with E-state index >= 15 is 0 Å². The number of nitrogens with one attached hydrogen (secondary N) is 2. The van der Waals surface area contributed by atoms with E-state index in [1.165, 1.54) is 6.92 Å². The first-order valence-electron chi connectivity index (χ1n) is 3.46. The van der Waals surface area contributed by atoms with Gasteiger partial charge in [-0.2, -0.15) is 0 Å². The summed E-state index contributed by atoms with van der Waals surface area (Å²) >= 11 is 0. The molecule has 0 aliphatic rings. The largest absolute Gasteiger partial charge is 0.394 e. The zero-order valence-electron chi connectivity index (χ0n) is 6.85. The van der Waals surface area contributed by atoms with Gasteiger partial charge in [0.2, 0.25) is 0 Å². The van der Waals surface area contributed by atoms with Crippen LogP contribution in [0.3, 0.4) is 0 Å². The third kappa shape index (κ3) is 4.64. The molecule has 64 valence electrons. The lowest BCUT2D eigenvalue weighted by Crippen LogP contribution is -2.40. The van der Waals surface area contributed by atoms with Gasteiger partial charge in [0.25, 0.3) is 0 Å². The van der Waals surface area contributed by atoms with Crippen molar-refractivity contribution in [1.29, 1.82) is 5.41 Å². The van der Waals surface area contributed by atoms with Crippen molar-refractivity contribution < 1.29 is 9.90 Å². The van der Waals surface area contributed by atoms with E-state index in [0.717, 1.165) is 0 Å². The first-order valence-corrected chi connectivity index (χ1v) is 3.46. The van der Waals surface area contributed by atoms with Gasteiger partial charge in [-0.15, -0.1) is 0 Å². The van der Waals surface area contributed by atoms with Gasteiger partial charge in [-0.25, -0.2) is 0 Å². The molecule has 0 fully saturated rings. The Bertz CT molecular complexity index is 157. The maximum Gasteiger partial charge on any atom is 0.149 e.